The second-order valence-corrected chi connectivity index (χ2v) is 6.17. The lowest BCUT2D eigenvalue weighted by molar-refractivity contribution is 0.617. The van der Waals surface area contributed by atoms with E-state index in [4.69, 9.17) is 0 Å². The van der Waals surface area contributed by atoms with Crippen molar-refractivity contribution in [3.63, 3.8) is 0 Å². The zero-order valence-corrected chi connectivity index (χ0v) is 13.9. The molecule has 5 heteroatoms. The average Bonchev–Trinajstić information content (AvgIpc) is 2.60. The minimum atomic E-state index is -0.324. The van der Waals surface area contributed by atoms with Crippen molar-refractivity contribution in [1.29, 1.82) is 0 Å². The van der Waals surface area contributed by atoms with Gasteiger partial charge >= 0.3 is 0 Å². The summed E-state index contributed by atoms with van der Waals surface area (Å²) in [6.45, 7) is 2.38. The van der Waals surface area contributed by atoms with Gasteiger partial charge in [-0.2, -0.15) is 0 Å². The number of nitrogens with one attached hydrogen (secondary N) is 1. The first-order valence-electron chi connectivity index (χ1n) is 8.41. The fourth-order valence-electron chi connectivity index (χ4n) is 2.94. The summed E-state index contributed by atoms with van der Waals surface area (Å²) in [4.78, 5) is 16.7. The molecule has 1 aromatic carbocycles. The summed E-state index contributed by atoms with van der Waals surface area (Å²) in [6.07, 6.45) is 11.2. The number of hydrogen-bond donors (Lipinski definition) is 1. The van der Waals surface area contributed by atoms with E-state index in [0.29, 0.717) is 23.6 Å². The molecule has 0 saturated heterocycles. The third kappa shape index (κ3) is 3.72. The first-order chi connectivity index (χ1) is 11.6. The molecule has 1 aliphatic carbocycles. The van der Waals surface area contributed by atoms with E-state index >= 15 is 0 Å². The van der Waals surface area contributed by atoms with Crippen molar-refractivity contribution in [3.05, 3.63) is 64.0 Å². The van der Waals surface area contributed by atoms with Crippen LogP contribution in [0.15, 0.2) is 47.0 Å². The van der Waals surface area contributed by atoms with E-state index in [9.17, 15) is 9.18 Å². The summed E-state index contributed by atoms with van der Waals surface area (Å²) in [5, 5.41) is 3.12. The standard InChI is InChI=1S/C19H22FN3O/c1-14-7-8-16(13-17(14)20)23-12-11-22-18(19(23)24)21-10-9-15-5-3-2-4-6-15/h5,7-8,11-13H,2-4,6,9-10H2,1H3,(H,21,22). The molecule has 0 unspecified atom stereocenters. The first-order valence-corrected chi connectivity index (χ1v) is 8.41. The Morgan fingerprint density at radius 1 is 1.33 bits per heavy atom. The Labute approximate surface area is 141 Å². The molecule has 0 saturated carbocycles. The van der Waals surface area contributed by atoms with Gasteiger partial charge in [0, 0.05) is 18.9 Å². The van der Waals surface area contributed by atoms with E-state index < -0.39 is 0 Å². The fourth-order valence-corrected chi connectivity index (χ4v) is 2.94. The van der Waals surface area contributed by atoms with Gasteiger partial charge in [-0.1, -0.05) is 17.7 Å². The van der Waals surface area contributed by atoms with Crippen LogP contribution in [0, 0.1) is 12.7 Å². The third-order valence-corrected chi connectivity index (χ3v) is 4.40. The van der Waals surface area contributed by atoms with Crippen molar-refractivity contribution >= 4 is 5.82 Å². The van der Waals surface area contributed by atoms with Gasteiger partial charge in [0.2, 0.25) is 0 Å². The maximum atomic E-state index is 13.8. The summed E-state index contributed by atoms with van der Waals surface area (Å²) in [5.74, 6) is -0.0233. The summed E-state index contributed by atoms with van der Waals surface area (Å²) in [7, 11) is 0. The summed E-state index contributed by atoms with van der Waals surface area (Å²) in [5.41, 5.74) is 2.24. The Bertz CT molecular complexity index is 810. The summed E-state index contributed by atoms with van der Waals surface area (Å²) in [6, 6.07) is 4.77. The lowest BCUT2D eigenvalue weighted by Crippen LogP contribution is -2.23. The monoisotopic (exact) mass is 327 g/mol. The highest BCUT2D eigenvalue weighted by atomic mass is 19.1. The van der Waals surface area contributed by atoms with E-state index in [1.165, 1.54) is 29.0 Å². The molecule has 126 valence electrons. The van der Waals surface area contributed by atoms with Gasteiger partial charge in [0.25, 0.3) is 5.56 Å². The van der Waals surface area contributed by atoms with Crippen LogP contribution in [0.3, 0.4) is 0 Å². The smallest absolute Gasteiger partial charge is 0.297 e. The molecule has 1 heterocycles. The second kappa shape index (κ2) is 7.43. The molecule has 1 N–H and O–H groups in total. The van der Waals surface area contributed by atoms with Crippen LogP contribution < -0.4 is 10.9 Å². The van der Waals surface area contributed by atoms with Gasteiger partial charge in [0.1, 0.15) is 5.82 Å². The predicted octanol–water partition coefficient (Wildman–Crippen LogP) is 3.98. The van der Waals surface area contributed by atoms with Crippen molar-refractivity contribution in [2.75, 3.05) is 11.9 Å². The number of aromatic nitrogens is 2. The minimum absolute atomic E-state index is 0.265. The highest BCUT2D eigenvalue weighted by Crippen LogP contribution is 2.19. The van der Waals surface area contributed by atoms with Crippen molar-refractivity contribution in [1.82, 2.24) is 9.55 Å². The van der Waals surface area contributed by atoms with Gasteiger partial charge in [0.05, 0.1) is 5.69 Å². The molecule has 0 amide bonds. The number of allylic oxidation sites excluding steroid dienone is 1. The highest BCUT2D eigenvalue weighted by Gasteiger charge is 2.09. The van der Waals surface area contributed by atoms with Crippen LogP contribution in [-0.4, -0.2) is 16.1 Å². The van der Waals surface area contributed by atoms with Crippen molar-refractivity contribution < 1.29 is 4.39 Å². The maximum absolute atomic E-state index is 13.8. The van der Waals surface area contributed by atoms with Crippen LogP contribution in [0.4, 0.5) is 10.2 Å². The Morgan fingerprint density at radius 3 is 2.96 bits per heavy atom. The largest absolute Gasteiger partial charge is 0.365 e. The Balaban J connectivity index is 1.74. The average molecular weight is 327 g/mol. The number of aryl methyl sites for hydroxylation is 1. The molecule has 0 atom stereocenters. The van der Waals surface area contributed by atoms with Crippen LogP contribution in [-0.2, 0) is 0 Å². The lowest BCUT2D eigenvalue weighted by atomic mass is 9.97. The van der Waals surface area contributed by atoms with Crippen molar-refractivity contribution in [3.8, 4) is 5.69 Å². The van der Waals surface area contributed by atoms with Crippen molar-refractivity contribution in [2.24, 2.45) is 0 Å². The van der Waals surface area contributed by atoms with Crippen LogP contribution in [0.25, 0.3) is 5.69 Å². The van der Waals surface area contributed by atoms with Crippen LogP contribution in [0.1, 0.15) is 37.7 Å². The van der Waals surface area contributed by atoms with E-state index in [-0.39, 0.29) is 11.4 Å². The summed E-state index contributed by atoms with van der Waals surface area (Å²) < 4.78 is 15.2. The molecule has 0 fully saturated rings. The Morgan fingerprint density at radius 2 is 2.21 bits per heavy atom. The molecular weight excluding hydrogens is 305 g/mol. The normalized spacial score (nSPS) is 14.3. The number of benzene rings is 1. The minimum Gasteiger partial charge on any atom is -0.365 e. The molecule has 2 aromatic rings. The van der Waals surface area contributed by atoms with Crippen LogP contribution in [0.5, 0.6) is 0 Å². The number of halogens is 1. The Kier molecular flexibility index (Phi) is 5.08. The zero-order chi connectivity index (χ0) is 16.9. The van der Waals surface area contributed by atoms with E-state index in [0.717, 1.165) is 19.3 Å². The maximum Gasteiger partial charge on any atom is 0.297 e. The Hall–Kier alpha value is -2.43. The molecule has 0 spiro atoms. The van der Waals surface area contributed by atoms with Gasteiger partial charge in [0.15, 0.2) is 5.82 Å². The lowest BCUT2D eigenvalue weighted by Gasteiger charge is -2.13. The van der Waals surface area contributed by atoms with Gasteiger partial charge in [-0.25, -0.2) is 9.37 Å². The van der Waals surface area contributed by atoms with E-state index in [1.807, 2.05) is 0 Å². The number of hydrogen-bond acceptors (Lipinski definition) is 3. The predicted molar refractivity (Wildman–Crippen MR) is 94.2 cm³/mol. The quantitative estimate of drug-likeness (QED) is 0.845. The third-order valence-electron chi connectivity index (χ3n) is 4.40. The molecule has 3 rings (SSSR count). The molecule has 1 aromatic heterocycles. The molecule has 0 aliphatic heterocycles. The second-order valence-electron chi connectivity index (χ2n) is 6.17. The highest BCUT2D eigenvalue weighted by molar-refractivity contribution is 5.40. The van der Waals surface area contributed by atoms with Gasteiger partial charge < -0.3 is 5.32 Å². The van der Waals surface area contributed by atoms with Crippen LogP contribution in [0.2, 0.25) is 0 Å². The summed E-state index contributed by atoms with van der Waals surface area (Å²) >= 11 is 0. The van der Waals surface area contributed by atoms with Gasteiger partial charge in [-0.05, 0) is 56.7 Å². The SMILES string of the molecule is Cc1ccc(-n2ccnc(NCCC3=CCCCC3)c2=O)cc1F. The molecular formula is C19H22FN3O. The molecule has 24 heavy (non-hydrogen) atoms. The van der Waals surface area contributed by atoms with E-state index in [1.54, 1.807) is 31.5 Å². The first kappa shape index (κ1) is 16.4. The molecule has 0 bridgehead atoms. The topological polar surface area (TPSA) is 46.9 Å². The van der Waals surface area contributed by atoms with Gasteiger partial charge in [-0.15, -0.1) is 0 Å². The molecule has 4 nitrogen and oxygen atoms in total. The van der Waals surface area contributed by atoms with Crippen molar-refractivity contribution in [2.45, 2.75) is 39.0 Å². The fraction of sp³-hybridized carbons (Fsp3) is 0.368. The zero-order valence-electron chi connectivity index (χ0n) is 13.9. The molecule has 0 radical (unpaired) electrons. The van der Waals surface area contributed by atoms with Gasteiger partial charge in [-0.3, -0.25) is 9.36 Å². The number of nitrogens with zero attached hydrogens (tertiary/aromatic N) is 2. The number of anilines is 1. The van der Waals surface area contributed by atoms with E-state index in [2.05, 4.69) is 16.4 Å². The molecule has 1 aliphatic rings. The number of rotatable bonds is 5. The van der Waals surface area contributed by atoms with Crippen LogP contribution >= 0.6 is 0 Å².